The Labute approximate surface area is 160 Å². The van der Waals surface area contributed by atoms with E-state index >= 15 is 0 Å². The minimum atomic E-state index is -0.227. The Morgan fingerprint density at radius 3 is 2.85 bits per heavy atom. The first-order chi connectivity index (χ1) is 12.5. The van der Waals surface area contributed by atoms with Crippen molar-refractivity contribution in [1.82, 2.24) is 10.2 Å². The van der Waals surface area contributed by atoms with Crippen LogP contribution in [0.3, 0.4) is 0 Å². The molecule has 2 aromatic carbocycles. The van der Waals surface area contributed by atoms with Gasteiger partial charge in [-0.15, -0.1) is 10.2 Å². The van der Waals surface area contributed by atoms with Crippen LogP contribution in [0, 0.1) is 0 Å². The minimum Gasteiger partial charge on any atom is -0.497 e. The van der Waals surface area contributed by atoms with Gasteiger partial charge in [-0.3, -0.25) is 4.79 Å². The number of carbonyl (C=O) groups is 1. The summed E-state index contributed by atoms with van der Waals surface area (Å²) in [5, 5.41) is 11.6. The summed E-state index contributed by atoms with van der Waals surface area (Å²) in [6.45, 7) is 0. The summed E-state index contributed by atoms with van der Waals surface area (Å²) in [6, 6.07) is 12.2. The van der Waals surface area contributed by atoms with Crippen molar-refractivity contribution in [3.05, 3.63) is 58.4 Å². The molecular weight excluding hydrogens is 377 g/mol. The van der Waals surface area contributed by atoms with E-state index in [0.717, 1.165) is 5.56 Å². The fourth-order valence-electron chi connectivity index (χ4n) is 2.25. The van der Waals surface area contributed by atoms with Gasteiger partial charge in [0.1, 0.15) is 5.75 Å². The Morgan fingerprint density at radius 1 is 1.19 bits per heavy atom. The standard InChI is InChI=1S/C18H15Cl2N3O3/c1-25-13-4-2-3-11(9-13)18-23-22-17(26-18)8-7-16(24)21-15-10-12(19)5-6-14(15)20/h2-6,9-10H,7-8H2,1H3,(H,21,24). The van der Waals surface area contributed by atoms with Gasteiger partial charge in [0.15, 0.2) is 0 Å². The lowest BCUT2D eigenvalue weighted by Gasteiger charge is -2.06. The molecule has 6 nitrogen and oxygen atoms in total. The smallest absolute Gasteiger partial charge is 0.247 e. The van der Waals surface area contributed by atoms with Crippen LogP contribution in [0.5, 0.6) is 5.75 Å². The zero-order valence-electron chi connectivity index (χ0n) is 13.8. The molecule has 0 radical (unpaired) electrons. The summed E-state index contributed by atoms with van der Waals surface area (Å²) in [6.07, 6.45) is 0.476. The van der Waals surface area contributed by atoms with Crippen molar-refractivity contribution < 1.29 is 13.9 Å². The molecule has 0 atom stereocenters. The van der Waals surface area contributed by atoms with Gasteiger partial charge in [-0.05, 0) is 36.4 Å². The Kier molecular flexibility index (Phi) is 5.75. The number of methoxy groups -OCH3 is 1. The zero-order valence-corrected chi connectivity index (χ0v) is 15.3. The van der Waals surface area contributed by atoms with Gasteiger partial charge in [0.05, 0.1) is 17.8 Å². The number of aryl methyl sites for hydroxylation is 1. The molecule has 1 heterocycles. The lowest BCUT2D eigenvalue weighted by atomic mass is 10.2. The number of hydrogen-bond donors (Lipinski definition) is 1. The Balaban J connectivity index is 1.61. The molecule has 0 aliphatic heterocycles. The number of halogens is 2. The second-order valence-corrected chi connectivity index (χ2v) is 6.25. The number of ether oxygens (including phenoxy) is 1. The first kappa shape index (κ1) is 18.2. The summed E-state index contributed by atoms with van der Waals surface area (Å²) in [5.41, 5.74) is 1.21. The lowest BCUT2D eigenvalue weighted by molar-refractivity contribution is -0.116. The quantitative estimate of drug-likeness (QED) is 0.662. The first-order valence-electron chi connectivity index (χ1n) is 7.77. The number of rotatable bonds is 6. The van der Waals surface area contributed by atoms with Gasteiger partial charge in [0, 0.05) is 23.4 Å². The van der Waals surface area contributed by atoms with Gasteiger partial charge >= 0.3 is 0 Å². The van der Waals surface area contributed by atoms with Crippen LogP contribution in [0.15, 0.2) is 46.9 Å². The van der Waals surface area contributed by atoms with E-state index in [0.29, 0.717) is 39.7 Å². The molecule has 0 unspecified atom stereocenters. The highest BCUT2D eigenvalue weighted by Crippen LogP contribution is 2.26. The molecule has 0 fully saturated rings. The van der Waals surface area contributed by atoms with Crippen molar-refractivity contribution in [2.45, 2.75) is 12.8 Å². The average Bonchev–Trinajstić information content (AvgIpc) is 3.12. The summed E-state index contributed by atoms with van der Waals surface area (Å²) < 4.78 is 10.8. The van der Waals surface area contributed by atoms with E-state index in [4.69, 9.17) is 32.4 Å². The maximum Gasteiger partial charge on any atom is 0.247 e. The summed E-state index contributed by atoms with van der Waals surface area (Å²) in [5.74, 6) is 1.21. The molecule has 134 valence electrons. The molecule has 1 N–H and O–H groups in total. The van der Waals surface area contributed by atoms with Crippen molar-refractivity contribution in [3.63, 3.8) is 0 Å². The molecular formula is C18H15Cl2N3O3. The van der Waals surface area contributed by atoms with E-state index in [1.54, 1.807) is 31.4 Å². The molecule has 1 aromatic heterocycles. The molecule has 8 heteroatoms. The highest BCUT2D eigenvalue weighted by molar-refractivity contribution is 6.35. The topological polar surface area (TPSA) is 77.2 Å². The molecule has 26 heavy (non-hydrogen) atoms. The summed E-state index contributed by atoms with van der Waals surface area (Å²) >= 11 is 11.9. The van der Waals surface area contributed by atoms with Crippen molar-refractivity contribution in [1.29, 1.82) is 0 Å². The maximum absolute atomic E-state index is 12.1. The van der Waals surface area contributed by atoms with Crippen LogP contribution in [-0.2, 0) is 11.2 Å². The average molecular weight is 392 g/mol. The normalized spacial score (nSPS) is 10.6. The van der Waals surface area contributed by atoms with Crippen LogP contribution in [0.25, 0.3) is 11.5 Å². The highest BCUT2D eigenvalue weighted by atomic mass is 35.5. The fraction of sp³-hybridized carbons (Fsp3) is 0.167. The van der Waals surface area contributed by atoms with E-state index in [2.05, 4.69) is 15.5 Å². The number of aromatic nitrogens is 2. The zero-order chi connectivity index (χ0) is 18.5. The summed E-state index contributed by atoms with van der Waals surface area (Å²) in [4.78, 5) is 12.1. The number of nitrogens with zero attached hydrogens (tertiary/aromatic N) is 2. The third kappa shape index (κ3) is 4.53. The molecule has 0 spiro atoms. The molecule has 0 aliphatic carbocycles. The molecule has 1 amide bonds. The van der Waals surface area contributed by atoms with E-state index in [9.17, 15) is 4.79 Å². The molecule has 3 aromatic rings. The molecule has 0 saturated heterocycles. The van der Waals surface area contributed by atoms with Crippen LogP contribution in [0.2, 0.25) is 10.0 Å². The third-order valence-electron chi connectivity index (χ3n) is 3.55. The van der Waals surface area contributed by atoms with Crippen molar-refractivity contribution in [3.8, 4) is 17.2 Å². The Morgan fingerprint density at radius 2 is 2.04 bits per heavy atom. The fourth-order valence-corrected chi connectivity index (χ4v) is 2.59. The summed E-state index contributed by atoms with van der Waals surface area (Å²) in [7, 11) is 1.59. The van der Waals surface area contributed by atoms with Gasteiger partial charge in [0.2, 0.25) is 17.7 Å². The van der Waals surface area contributed by atoms with Crippen molar-refractivity contribution in [2.75, 3.05) is 12.4 Å². The number of carbonyl (C=O) groups excluding carboxylic acids is 1. The second-order valence-electron chi connectivity index (χ2n) is 5.41. The SMILES string of the molecule is COc1cccc(-c2nnc(CCC(=O)Nc3cc(Cl)ccc3Cl)o2)c1. The number of nitrogens with one attached hydrogen (secondary N) is 1. The van der Waals surface area contributed by atoms with Crippen LogP contribution >= 0.6 is 23.2 Å². The van der Waals surface area contributed by atoms with E-state index in [-0.39, 0.29) is 12.3 Å². The number of amides is 1. The molecule has 3 rings (SSSR count). The van der Waals surface area contributed by atoms with Crippen molar-refractivity contribution >= 4 is 34.8 Å². The van der Waals surface area contributed by atoms with Crippen molar-refractivity contribution in [2.24, 2.45) is 0 Å². The van der Waals surface area contributed by atoms with Gasteiger partial charge in [-0.1, -0.05) is 29.3 Å². The van der Waals surface area contributed by atoms with E-state index < -0.39 is 0 Å². The predicted molar refractivity (Wildman–Crippen MR) is 99.7 cm³/mol. The van der Waals surface area contributed by atoms with Gasteiger partial charge < -0.3 is 14.5 Å². The van der Waals surface area contributed by atoms with Crippen LogP contribution in [0.1, 0.15) is 12.3 Å². The Hall–Kier alpha value is -2.57. The first-order valence-corrected chi connectivity index (χ1v) is 8.52. The number of anilines is 1. The minimum absolute atomic E-state index is 0.169. The largest absolute Gasteiger partial charge is 0.497 e. The van der Waals surface area contributed by atoms with Gasteiger partial charge in [-0.25, -0.2) is 0 Å². The highest BCUT2D eigenvalue weighted by Gasteiger charge is 2.12. The van der Waals surface area contributed by atoms with Gasteiger partial charge in [0.25, 0.3) is 0 Å². The Bertz CT molecular complexity index is 928. The van der Waals surface area contributed by atoms with Gasteiger partial charge in [-0.2, -0.15) is 0 Å². The predicted octanol–water partition coefficient (Wildman–Crippen LogP) is 4.62. The number of benzene rings is 2. The van der Waals surface area contributed by atoms with E-state index in [1.165, 1.54) is 0 Å². The third-order valence-corrected chi connectivity index (χ3v) is 4.12. The molecule has 0 aliphatic rings. The lowest BCUT2D eigenvalue weighted by Crippen LogP contribution is -2.12. The molecule has 0 saturated carbocycles. The maximum atomic E-state index is 12.1. The van der Waals surface area contributed by atoms with Crippen LogP contribution < -0.4 is 10.1 Å². The monoisotopic (exact) mass is 391 g/mol. The number of hydrogen-bond acceptors (Lipinski definition) is 5. The molecule has 0 bridgehead atoms. The van der Waals surface area contributed by atoms with E-state index in [1.807, 2.05) is 18.2 Å². The second kappa shape index (κ2) is 8.21. The van der Waals surface area contributed by atoms with Crippen LogP contribution in [0.4, 0.5) is 5.69 Å². The van der Waals surface area contributed by atoms with Crippen LogP contribution in [-0.4, -0.2) is 23.2 Å².